The largest absolute Gasteiger partial charge is 0.497 e. The standard InChI is InChI=1S/C30H38N2O5/c1-35-26-20-23(29(27(21-26)36-2)30(34)31-24-8-4-3-5-9-24)14-11-22-12-15-25(16-13-22)37-19-18-32-17-7-6-10-28(32)33/h11-16,20-21,24H,3-10,17-19H2,1-2H3,(H,31,34)/b14-11+. The zero-order valence-corrected chi connectivity index (χ0v) is 22.0. The summed E-state index contributed by atoms with van der Waals surface area (Å²) in [5, 5.41) is 3.20. The van der Waals surface area contributed by atoms with E-state index in [2.05, 4.69) is 5.32 Å². The summed E-state index contributed by atoms with van der Waals surface area (Å²) in [6, 6.07) is 11.6. The van der Waals surface area contributed by atoms with Crippen molar-refractivity contribution in [2.45, 2.75) is 57.4 Å². The van der Waals surface area contributed by atoms with Crippen molar-refractivity contribution < 1.29 is 23.8 Å². The van der Waals surface area contributed by atoms with Crippen molar-refractivity contribution in [2.24, 2.45) is 0 Å². The Morgan fingerprint density at radius 2 is 1.76 bits per heavy atom. The summed E-state index contributed by atoms with van der Waals surface area (Å²) < 4.78 is 16.9. The molecule has 2 aliphatic rings. The van der Waals surface area contributed by atoms with E-state index in [4.69, 9.17) is 14.2 Å². The second-order valence-electron chi connectivity index (χ2n) is 9.69. The molecule has 0 unspecified atom stereocenters. The molecule has 7 nitrogen and oxygen atoms in total. The van der Waals surface area contributed by atoms with E-state index in [0.29, 0.717) is 36.6 Å². The molecule has 1 saturated heterocycles. The Balaban J connectivity index is 1.44. The number of hydrogen-bond acceptors (Lipinski definition) is 5. The second-order valence-corrected chi connectivity index (χ2v) is 9.69. The summed E-state index contributed by atoms with van der Waals surface area (Å²) in [5.74, 6) is 1.97. The van der Waals surface area contributed by atoms with E-state index in [0.717, 1.165) is 61.9 Å². The summed E-state index contributed by atoms with van der Waals surface area (Å²) >= 11 is 0. The molecule has 0 atom stereocenters. The van der Waals surface area contributed by atoms with Crippen LogP contribution < -0.4 is 19.5 Å². The maximum atomic E-state index is 13.3. The molecule has 198 valence electrons. The Kier molecular flexibility index (Phi) is 9.46. The normalized spacial score (nSPS) is 16.6. The van der Waals surface area contributed by atoms with E-state index < -0.39 is 0 Å². The van der Waals surface area contributed by atoms with E-state index in [9.17, 15) is 9.59 Å². The molecule has 2 fully saturated rings. The summed E-state index contributed by atoms with van der Waals surface area (Å²) in [6.07, 6.45) is 12.1. The molecular formula is C30H38N2O5. The number of ether oxygens (including phenoxy) is 3. The molecule has 2 aromatic carbocycles. The lowest BCUT2D eigenvalue weighted by molar-refractivity contribution is -0.133. The van der Waals surface area contributed by atoms with Crippen LogP contribution in [-0.2, 0) is 4.79 Å². The van der Waals surface area contributed by atoms with Gasteiger partial charge in [-0.15, -0.1) is 0 Å². The number of rotatable bonds is 10. The fourth-order valence-electron chi connectivity index (χ4n) is 5.00. The molecule has 1 saturated carbocycles. The van der Waals surface area contributed by atoms with Crippen LogP contribution in [0.2, 0.25) is 0 Å². The zero-order valence-electron chi connectivity index (χ0n) is 22.0. The van der Waals surface area contributed by atoms with E-state index in [1.165, 1.54) is 6.42 Å². The minimum Gasteiger partial charge on any atom is -0.497 e. The molecule has 4 rings (SSSR count). The van der Waals surface area contributed by atoms with E-state index in [1.54, 1.807) is 20.3 Å². The van der Waals surface area contributed by atoms with Gasteiger partial charge in [-0.2, -0.15) is 0 Å². The van der Waals surface area contributed by atoms with Crippen LogP contribution in [0, 0.1) is 0 Å². The van der Waals surface area contributed by atoms with Gasteiger partial charge in [-0.3, -0.25) is 9.59 Å². The number of likely N-dealkylation sites (tertiary alicyclic amines) is 1. The van der Waals surface area contributed by atoms with E-state index in [1.807, 2.05) is 47.4 Å². The smallest absolute Gasteiger partial charge is 0.255 e. The van der Waals surface area contributed by atoms with Crippen LogP contribution in [-0.4, -0.2) is 56.7 Å². The Bertz CT molecular complexity index is 1090. The number of carbonyl (C=O) groups is 2. The maximum absolute atomic E-state index is 13.3. The summed E-state index contributed by atoms with van der Waals surface area (Å²) in [5.41, 5.74) is 2.22. The molecule has 0 bridgehead atoms. The minimum atomic E-state index is -0.123. The highest BCUT2D eigenvalue weighted by Crippen LogP contribution is 2.31. The number of benzene rings is 2. The molecule has 2 amide bonds. The molecule has 0 aromatic heterocycles. The predicted octanol–water partition coefficient (Wildman–Crippen LogP) is 5.33. The molecule has 37 heavy (non-hydrogen) atoms. The van der Waals surface area contributed by atoms with Crippen molar-refractivity contribution in [3.05, 3.63) is 53.1 Å². The molecular weight excluding hydrogens is 468 g/mol. The van der Waals surface area contributed by atoms with Gasteiger partial charge in [-0.1, -0.05) is 43.5 Å². The lowest BCUT2D eigenvalue weighted by atomic mass is 9.94. The third-order valence-corrected chi connectivity index (χ3v) is 7.12. The first-order valence-electron chi connectivity index (χ1n) is 13.3. The first kappa shape index (κ1) is 26.6. The monoisotopic (exact) mass is 506 g/mol. The van der Waals surface area contributed by atoms with Crippen LogP contribution in [0.25, 0.3) is 12.2 Å². The van der Waals surface area contributed by atoms with Crippen molar-refractivity contribution in [3.8, 4) is 17.2 Å². The number of amides is 2. The van der Waals surface area contributed by atoms with Crippen molar-refractivity contribution >= 4 is 24.0 Å². The number of piperidine rings is 1. The fourth-order valence-corrected chi connectivity index (χ4v) is 5.00. The Labute approximate surface area is 219 Å². The number of nitrogens with zero attached hydrogens (tertiary/aromatic N) is 1. The van der Waals surface area contributed by atoms with Gasteiger partial charge in [0.25, 0.3) is 5.91 Å². The second kappa shape index (κ2) is 13.2. The summed E-state index contributed by atoms with van der Waals surface area (Å²) in [4.78, 5) is 27.1. The van der Waals surface area contributed by atoms with Crippen molar-refractivity contribution in [2.75, 3.05) is 33.9 Å². The molecule has 7 heteroatoms. The Morgan fingerprint density at radius 3 is 2.46 bits per heavy atom. The van der Waals surface area contributed by atoms with Gasteiger partial charge in [0.05, 0.1) is 26.3 Å². The number of hydrogen-bond donors (Lipinski definition) is 1. The Hall–Kier alpha value is -3.48. The van der Waals surface area contributed by atoms with Crippen LogP contribution in [0.5, 0.6) is 17.2 Å². The lowest BCUT2D eigenvalue weighted by Crippen LogP contribution is -2.38. The zero-order chi connectivity index (χ0) is 26.0. The Morgan fingerprint density at radius 1 is 0.973 bits per heavy atom. The molecule has 0 spiro atoms. The van der Waals surface area contributed by atoms with Crippen LogP contribution in [0.15, 0.2) is 36.4 Å². The van der Waals surface area contributed by atoms with Gasteiger partial charge < -0.3 is 24.4 Å². The third-order valence-electron chi connectivity index (χ3n) is 7.12. The molecule has 1 N–H and O–H groups in total. The van der Waals surface area contributed by atoms with Crippen LogP contribution >= 0.6 is 0 Å². The quantitative estimate of drug-likeness (QED) is 0.441. The first-order valence-corrected chi connectivity index (χ1v) is 13.3. The SMILES string of the molecule is COc1cc(/C=C/c2ccc(OCCN3CCCCC3=O)cc2)c(C(=O)NC2CCCCC2)c(OC)c1. The van der Waals surface area contributed by atoms with Crippen molar-refractivity contribution in [3.63, 3.8) is 0 Å². The predicted molar refractivity (Wildman–Crippen MR) is 145 cm³/mol. The highest BCUT2D eigenvalue weighted by molar-refractivity contribution is 6.01. The molecule has 1 aliphatic carbocycles. The van der Waals surface area contributed by atoms with Crippen molar-refractivity contribution in [1.82, 2.24) is 10.2 Å². The maximum Gasteiger partial charge on any atom is 0.255 e. The van der Waals surface area contributed by atoms with Gasteiger partial charge in [-0.25, -0.2) is 0 Å². The average Bonchev–Trinajstić information content (AvgIpc) is 2.93. The molecule has 1 heterocycles. The summed E-state index contributed by atoms with van der Waals surface area (Å²) in [6.45, 7) is 1.91. The highest BCUT2D eigenvalue weighted by Gasteiger charge is 2.22. The topological polar surface area (TPSA) is 77.1 Å². The first-order chi connectivity index (χ1) is 18.1. The van der Waals surface area contributed by atoms with E-state index >= 15 is 0 Å². The summed E-state index contributed by atoms with van der Waals surface area (Å²) in [7, 11) is 3.17. The van der Waals surface area contributed by atoms with Gasteiger partial charge >= 0.3 is 0 Å². The van der Waals surface area contributed by atoms with Gasteiger partial charge in [-0.05, 0) is 55.0 Å². The van der Waals surface area contributed by atoms with Gasteiger partial charge in [0.1, 0.15) is 23.9 Å². The van der Waals surface area contributed by atoms with Crippen LogP contribution in [0.3, 0.4) is 0 Å². The van der Waals surface area contributed by atoms with Crippen LogP contribution in [0.4, 0.5) is 0 Å². The number of nitrogens with one attached hydrogen (secondary N) is 1. The molecule has 2 aromatic rings. The fraction of sp³-hybridized carbons (Fsp3) is 0.467. The van der Waals surface area contributed by atoms with E-state index in [-0.39, 0.29) is 17.9 Å². The van der Waals surface area contributed by atoms with Gasteiger partial charge in [0, 0.05) is 25.1 Å². The van der Waals surface area contributed by atoms with Gasteiger partial charge in [0.15, 0.2) is 0 Å². The minimum absolute atomic E-state index is 0.123. The number of methoxy groups -OCH3 is 2. The highest BCUT2D eigenvalue weighted by atomic mass is 16.5. The molecule has 1 aliphatic heterocycles. The molecule has 0 radical (unpaired) electrons. The van der Waals surface area contributed by atoms with Crippen molar-refractivity contribution in [1.29, 1.82) is 0 Å². The average molecular weight is 507 g/mol. The van der Waals surface area contributed by atoms with Crippen LogP contribution in [0.1, 0.15) is 72.9 Å². The van der Waals surface area contributed by atoms with Gasteiger partial charge in [0.2, 0.25) is 5.91 Å². The number of carbonyl (C=O) groups excluding carboxylic acids is 2. The lowest BCUT2D eigenvalue weighted by Gasteiger charge is -2.26. The third kappa shape index (κ3) is 7.28.